The molecule has 1 aromatic heterocycles. The molecule has 0 bridgehead atoms. The number of nitrogens with zero attached hydrogens (tertiary/aromatic N) is 2. The van der Waals surface area contributed by atoms with Crippen molar-refractivity contribution in [2.45, 2.75) is 0 Å². The zero-order valence-corrected chi connectivity index (χ0v) is 10.3. The van der Waals surface area contributed by atoms with Gasteiger partial charge in [0.25, 0.3) is 0 Å². The molecule has 5 nitrogen and oxygen atoms in total. The Bertz CT molecular complexity index is 663. The first kappa shape index (κ1) is 12.9. The molecule has 2 N–H and O–H groups in total. The van der Waals surface area contributed by atoms with E-state index in [0.29, 0.717) is 22.0 Å². The molecule has 0 unspecified atom stereocenters. The van der Waals surface area contributed by atoms with Crippen molar-refractivity contribution in [1.29, 1.82) is 5.26 Å². The van der Waals surface area contributed by atoms with Crippen molar-refractivity contribution >= 4 is 28.9 Å². The molecular formula is C13H8ClN3O2. The second kappa shape index (κ2) is 5.38. The van der Waals surface area contributed by atoms with E-state index < -0.39 is 5.97 Å². The molecule has 0 fully saturated rings. The Morgan fingerprint density at radius 2 is 2.16 bits per heavy atom. The second-order valence-electron chi connectivity index (χ2n) is 3.67. The highest BCUT2D eigenvalue weighted by Gasteiger charge is 2.05. The van der Waals surface area contributed by atoms with Crippen LogP contribution in [0.3, 0.4) is 0 Å². The molecule has 94 valence electrons. The lowest BCUT2D eigenvalue weighted by Gasteiger charge is -2.08. The summed E-state index contributed by atoms with van der Waals surface area (Å²) < 4.78 is 0. The van der Waals surface area contributed by atoms with Crippen LogP contribution in [0.15, 0.2) is 36.5 Å². The van der Waals surface area contributed by atoms with E-state index in [0.717, 1.165) is 0 Å². The number of carboxylic acids is 1. The first-order valence-corrected chi connectivity index (χ1v) is 5.64. The normalized spacial score (nSPS) is 9.68. The molecule has 6 heteroatoms. The number of anilines is 2. The van der Waals surface area contributed by atoms with Gasteiger partial charge in [0.2, 0.25) is 0 Å². The van der Waals surface area contributed by atoms with Crippen LogP contribution in [-0.4, -0.2) is 16.1 Å². The van der Waals surface area contributed by atoms with E-state index in [4.69, 9.17) is 22.0 Å². The van der Waals surface area contributed by atoms with E-state index in [2.05, 4.69) is 10.3 Å². The van der Waals surface area contributed by atoms with Gasteiger partial charge < -0.3 is 10.4 Å². The zero-order valence-electron chi connectivity index (χ0n) is 9.59. The maximum atomic E-state index is 10.7. The smallest absolute Gasteiger partial charge is 0.354 e. The number of carboxylic acid groups (broad SMARTS) is 1. The predicted molar refractivity (Wildman–Crippen MR) is 70.6 cm³/mol. The molecule has 0 aliphatic heterocycles. The first-order chi connectivity index (χ1) is 9.10. The Hall–Kier alpha value is -2.58. The van der Waals surface area contributed by atoms with Gasteiger partial charge in [-0.05, 0) is 30.3 Å². The molecule has 2 rings (SSSR count). The van der Waals surface area contributed by atoms with Crippen LogP contribution >= 0.6 is 11.6 Å². The van der Waals surface area contributed by atoms with Gasteiger partial charge in [-0.2, -0.15) is 5.26 Å². The second-order valence-corrected chi connectivity index (χ2v) is 4.08. The summed E-state index contributed by atoms with van der Waals surface area (Å²) in [6.45, 7) is 0. The predicted octanol–water partition coefficient (Wildman–Crippen LogP) is 3.05. The number of hydrogen-bond acceptors (Lipinski definition) is 4. The van der Waals surface area contributed by atoms with Crippen molar-refractivity contribution in [3.05, 3.63) is 52.8 Å². The number of halogens is 1. The Balaban J connectivity index is 2.22. The summed E-state index contributed by atoms with van der Waals surface area (Å²) >= 11 is 6.01. The lowest BCUT2D eigenvalue weighted by Crippen LogP contribution is -2.00. The van der Waals surface area contributed by atoms with Gasteiger partial charge in [0.15, 0.2) is 0 Å². The molecule has 1 aromatic carbocycles. The van der Waals surface area contributed by atoms with Crippen LogP contribution in [0, 0.1) is 11.3 Å². The SMILES string of the molecule is N#Cc1ccc(Nc2ccc(C(=O)O)nc2)c(Cl)c1. The fourth-order valence-electron chi connectivity index (χ4n) is 1.44. The summed E-state index contributed by atoms with van der Waals surface area (Å²) in [4.78, 5) is 14.4. The molecule has 0 saturated heterocycles. The summed E-state index contributed by atoms with van der Waals surface area (Å²) in [6, 6.07) is 9.82. The number of rotatable bonds is 3. The molecule has 0 aliphatic rings. The molecule has 19 heavy (non-hydrogen) atoms. The summed E-state index contributed by atoms with van der Waals surface area (Å²) in [5.74, 6) is -1.08. The Labute approximate surface area is 114 Å². The number of pyridine rings is 1. The molecule has 2 aromatic rings. The van der Waals surface area contributed by atoms with Gasteiger partial charge in [-0.25, -0.2) is 9.78 Å². The van der Waals surface area contributed by atoms with E-state index in [1.165, 1.54) is 12.3 Å². The standard InChI is InChI=1S/C13H8ClN3O2/c14-10-5-8(6-15)1-3-11(10)17-9-2-4-12(13(18)19)16-7-9/h1-5,7,17H,(H,18,19). The highest BCUT2D eigenvalue weighted by molar-refractivity contribution is 6.33. The van der Waals surface area contributed by atoms with Gasteiger partial charge in [-0.15, -0.1) is 0 Å². The van der Waals surface area contributed by atoms with E-state index in [9.17, 15) is 4.79 Å². The van der Waals surface area contributed by atoms with Gasteiger partial charge in [0.1, 0.15) is 5.69 Å². The molecule has 0 amide bonds. The number of aromatic carboxylic acids is 1. The van der Waals surface area contributed by atoms with Crippen molar-refractivity contribution in [2.75, 3.05) is 5.32 Å². The molecule has 1 heterocycles. The van der Waals surface area contributed by atoms with Crippen molar-refractivity contribution < 1.29 is 9.90 Å². The molecule has 0 spiro atoms. The number of aromatic nitrogens is 1. The van der Waals surface area contributed by atoms with Gasteiger partial charge in [-0.1, -0.05) is 11.6 Å². The average Bonchev–Trinajstić information content (AvgIpc) is 2.41. The lowest BCUT2D eigenvalue weighted by molar-refractivity contribution is 0.0690. The first-order valence-electron chi connectivity index (χ1n) is 5.26. The topological polar surface area (TPSA) is 86.0 Å². The third-order valence-corrected chi connectivity index (χ3v) is 2.67. The number of nitrogens with one attached hydrogen (secondary N) is 1. The summed E-state index contributed by atoms with van der Waals surface area (Å²) in [7, 11) is 0. The quantitative estimate of drug-likeness (QED) is 0.897. The zero-order chi connectivity index (χ0) is 13.8. The number of hydrogen-bond donors (Lipinski definition) is 2. The Kier molecular flexibility index (Phi) is 3.64. The minimum absolute atomic E-state index is 0.0310. The Morgan fingerprint density at radius 1 is 1.37 bits per heavy atom. The van der Waals surface area contributed by atoms with E-state index in [-0.39, 0.29) is 5.69 Å². The maximum absolute atomic E-state index is 10.7. The van der Waals surface area contributed by atoms with Crippen molar-refractivity contribution in [3.8, 4) is 6.07 Å². The van der Waals surface area contributed by atoms with Crippen LogP contribution < -0.4 is 5.32 Å². The van der Waals surface area contributed by atoms with Crippen LogP contribution in [0.25, 0.3) is 0 Å². The molecule has 0 aliphatic carbocycles. The van der Waals surface area contributed by atoms with Crippen LogP contribution in [0.2, 0.25) is 5.02 Å². The molecular weight excluding hydrogens is 266 g/mol. The van der Waals surface area contributed by atoms with Crippen molar-refractivity contribution in [3.63, 3.8) is 0 Å². The number of benzene rings is 1. The minimum Gasteiger partial charge on any atom is -0.477 e. The van der Waals surface area contributed by atoms with Gasteiger partial charge in [-0.3, -0.25) is 0 Å². The maximum Gasteiger partial charge on any atom is 0.354 e. The van der Waals surface area contributed by atoms with E-state index in [1.54, 1.807) is 24.3 Å². The van der Waals surface area contributed by atoms with Crippen molar-refractivity contribution in [1.82, 2.24) is 4.98 Å². The highest BCUT2D eigenvalue weighted by Crippen LogP contribution is 2.26. The molecule has 0 saturated carbocycles. The third-order valence-electron chi connectivity index (χ3n) is 2.36. The van der Waals surface area contributed by atoms with Crippen LogP contribution in [0.4, 0.5) is 11.4 Å². The number of carbonyl (C=O) groups is 1. The summed E-state index contributed by atoms with van der Waals surface area (Å²) in [5.41, 5.74) is 1.66. The van der Waals surface area contributed by atoms with Gasteiger partial charge >= 0.3 is 5.97 Å². The van der Waals surface area contributed by atoms with Gasteiger partial charge in [0.05, 0.1) is 34.2 Å². The summed E-state index contributed by atoms with van der Waals surface area (Å²) in [5, 5.41) is 20.9. The van der Waals surface area contributed by atoms with Crippen LogP contribution in [0.1, 0.15) is 16.1 Å². The summed E-state index contributed by atoms with van der Waals surface area (Å²) in [6.07, 6.45) is 1.40. The highest BCUT2D eigenvalue weighted by atomic mass is 35.5. The average molecular weight is 274 g/mol. The van der Waals surface area contributed by atoms with Gasteiger partial charge in [0, 0.05) is 0 Å². The van der Waals surface area contributed by atoms with Crippen LogP contribution in [-0.2, 0) is 0 Å². The molecule has 0 atom stereocenters. The largest absolute Gasteiger partial charge is 0.477 e. The van der Waals surface area contributed by atoms with Crippen molar-refractivity contribution in [2.24, 2.45) is 0 Å². The lowest BCUT2D eigenvalue weighted by atomic mass is 10.2. The third kappa shape index (κ3) is 3.00. The van der Waals surface area contributed by atoms with Crippen LogP contribution in [0.5, 0.6) is 0 Å². The Morgan fingerprint density at radius 3 is 2.68 bits per heavy atom. The fraction of sp³-hybridized carbons (Fsp3) is 0. The van der Waals surface area contributed by atoms with E-state index in [1.807, 2.05) is 6.07 Å². The van der Waals surface area contributed by atoms with E-state index >= 15 is 0 Å². The fourth-order valence-corrected chi connectivity index (χ4v) is 1.66. The minimum atomic E-state index is -1.08. The number of nitriles is 1. The monoisotopic (exact) mass is 273 g/mol. The molecule has 0 radical (unpaired) electrons.